The minimum Gasteiger partial charge on any atom is -0.497 e. The summed E-state index contributed by atoms with van der Waals surface area (Å²) >= 11 is 0. The molecule has 2 N–H and O–H groups in total. The van der Waals surface area contributed by atoms with Crippen molar-refractivity contribution < 1.29 is 14.3 Å². The van der Waals surface area contributed by atoms with Crippen LogP contribution >= 0.6 is 12.4 Å². The molecule has 24 heavy (non-hydrogen) atoms. The Morgan fingerprint density at radius 1 is 1.33 bits per heavy atom. The zero-order valence-electron chi connectivity index (χ0n) is 13.9. The average molecular weight is 353 g/mol. The number of nitrogens with zero attached hydrogens (tertiary/aromatic N) is 1. The van der Waals surface area contributed by atoms with E-state index in [1.165, 1.54) is 0 Å². The molecular formula is C18H25ClN2O3. The number of carbonyl (C=O) groups is 1. The summed E-state index contributed by atoms with van der Waals surface area (Å²) in [7, 11) is 1.65. The SMILES string of the molecule is COc1ccc2c(c1)CC(C(=O)N1CC3CCC(N)C3C1)CO2.Cl. The molecule has 2 heterocycles. The highest BCUT2D eigenvalue weighted by Crippen LogP contribution is 2.38. The van der Waals surface area contributed by atoms with E-state index in [2.05, 4.69) is 0 Å². The van der Waals surface area contributed by atoms with Gasteiger partial charge < -0.3 is 20.1 Å². The predicted octanol–water partition coefficient (Wildman–Crippen LogP) is 1.86. The number of halogens is 1. The largest absolute Gasteiger partial charge is 0.497 e. The Morgan fingerprint density at radius 2 is 2.17 bits per heavy atom. The highest BCUT2D eigenvalue weighted by Gasteiger charge is 2.44. The Morgan fingerprint density at radius 3 is 2.92 bits per heavy atom. The predicted molar refractivity (Wildman–Crippen MR) is 93.7 cm³/mol. The van der Waals surface area contributed by atoms with Crippen molar-refractivity contribution in [3.05, 3.63) is 23.8 Å². The van der Waals surface area contributed by atoms with Gasteiger partial charge in [0.25, 0.3) is 0 Å². The van der Waals surface area contributed by atoms with Crippen LogP contribution in [-0.4, -0.2) is 43.7 Å². The molecule has 6 heteroatoms. The maximum atomic E-state index is 12.9. The fourth-order valence-electron chi connectivity index (χ4n) is 4.40. The minimum atomic E-state index is -0.0929. The van der Waals surface area contributed by atoms with E-state index in [4.69, 9.17) is 15.2 Å². The molecule has 0 spiro atoms. The van der Waals surface area contributed by atoms with Crippen LogP contribution in [0.3, 0.4) is 0 Å². The smallest absolute Gasteiger partial charge is 0.229 e. The first-order chi connectivity index (χ1) is 11.2. The lowest BCUT2D eigenvalue weighted by molar-refractivity contribution is -0.136. The summed E-state index contributed by atoms with van der Waals surface area (Å²) in [5, 5.41) is 0. The number of carbonyl (C=O) groups excluding carboxylic acids is 1. The van der Waals surface area contributed by atoms with Gasteiger partial charge in [0.05, 0.1) is 13.0 Å². The molecule has 0 bridgehead atoms. The summed E-state index contributed by atoms with van der Waals surface area (Å²) in [6.45, 7) is 2.17. The summed E-state index contributed by atoms with van der Waals surface area (Å²) in [5.41, 5.74) is 7.24. The minimum absolute atomic E-state index is 0. The Bertz CT molecular complexity index is 624. The van der Waals surface area contributed by atoms with Crippen molar-refractivity contribution >= 4 is 18.3 Å². The number of methoxy groups -OCH3 is 1. The number of hydrogen-bond acceptors (Lipinski definition) is 4. The van der Waals surface area contributed by atoms with Crippen LogP contribution in [-0.2, 0) is 11.2 Å². The molecule has 4 rings (SSSR count). The first kappa shape index (κ1) is 17.4. The van der Waals surface area contributed by atoms with Crippen molar-refractivity contribution in [2.45, 2.75) is 25.3 Å². The zero-order valence-corrected chi connectivity index (χ0v) is 14.8. The van der Waals surface area contributed by atoms with Crippen LogP contribution in [0.1, 0.15) is 18.4 Å². The molecule has 4 atom stereocenters. The van der Waals surface area contributed by atoms with Gasteiger partial charge in [0.2, 0.25) is 5.91 Å². The Hall–Kier alpha value is -1.46. The molecule has 5 nitrogen and oxygen atoms in total. The second-order valence-corrected chi connectivity index (χ2v) is 7.09. The molecule has 2 fully saturated rings. The van der Waals surface area contributed by atoms with Crippen molar-refractivity contribution in [1.29, 1.82) is 0 Å². The van der Waals surface area contributed by atoms with Gasteiger partial charge in [-0.1, -0.05) is 0 Å². The van der Waals surface area contributed by atoms with Crippen LogP contribution in [0.5, 0.6) is 11.5 Å². The molecule has 2 aliphatic heterocycles. The summed E-state index contributed by atoms with van der Waals surface area (Å²) in [4.78, 5) is 14.9. The van der Waals surface area contributed by atoms with Gasteiger partial charge >= 0.3 is 0 Å². The van der Waals surface area contributed by atoms with Gasteiger partial charge in [-0.2, -0.15) is 0 Å². The number of rotatable bonds is 2. The molecule has 1 saturated carbocycles. The van der Waals surface area contributed by atoms with E-state index >= 15 is 0 Å². The number of nitrogens with two attached hydrogens (primary N) is 1. The van der Waals surface area contributed by atoms with Crippen LogP contribution in [0.2, 0.25) is 0 Å². The van der Waals surface area contributed by atoms with Gasteiger partial charge in [-0.3, -0.25) is 4.79 Å². The molecule has 1 amide bonds. The third-order valence-corrected chi connectivity index (χ3v) is 5.75. The van der Waals surface area contributed by atoms with Gasteiger partial charge in [0, 0.05) is 19.1 Å². The third kappa shape index (κ3) is 2.95. The normalized spacial score (nSPS) is 30.8. The fourth-order valence-corrected chi connectivity index (χ4v) is 4.40. The highest BCUT2D eigenvalue weighted by atomic mass is 35.5. The molecule has 0 aromatic heterocycles. The number of ether oxygens (including phenoxy) is 2. The van der Waals surface area contributed by atoms with E-state index in [9.17, 15) is 4.79 Å². The van der Waals surface area contributed by atoms with Gasteiger partial charge in [-0.25, -0.2) is 0 Å². The molecular weight excluding hydrogens is 328 g/mol. The second-order valence-electron chi connectivity index (χ2n) is 7.09. The highest BCUT2D eigenvalue weighted by molar-refractivity contribution is 5.85. The summed E-state index contributed by atoms with van der Waals surface area (Å²) in [5.74, 6) is 2.91. The van der Waals surface area contributed by atoms with Crippen molar-refractivity contribution in [2.75, 3.05) is 26.8 Å². The zero-order chi connectivity index (χ0) is 16.0. The van der Waals surface area contributed by atoms with Gasteiger partial charge in [0.1, 0.15) is 18.1 Å². The van der Waals surface area contributed by atoms with E-state index in [-0.39, 0.29) is 30.3 Å². The lowest BCUT2D eigenvalue weighted by atomic mass is 9.95. The fraction of sp³-hybridized carbons (Fsp3) is 0.611. The second kappa shape index (κ2) is 6.81. The van der Waals surface area contributed by atoms with Crippen LogP contribution in [0.4, 0.5) is 0 Å². The van der Waals surface area contributed by atoms with Crippen molar-refractivity contribution in [1.82, 2.24) is 4.90 Å². The van der Waals surface area contributed by atoms with Crippen molar-refractivity contribution in [2.24, 2.45) is 23.5 Å². The summed E-state index contributed by atoms with van der Waals surface area (Å²) < 4.78 is 11.1. The van der Waals surface area contributed by atoms with E-state index < -0.39 is 0 Å². The monoisotopic (exact) mass is 352 g/mol. The van der Waals surface area contributed by atoms with Crippen LogP contribution in [0, 0.1) is 17.8 Å². The maximum Gasteiger partial charge on any atom is 0.229 e. The number of likely N-dealkylation sites (tertiary alicyclic amines) is 1. The van der Waals surface area contributed by atoms with Crippen molar-refractivity contribution in [3.63, 3.8) is 0 Å². The first-order valence-corrected chi connectivity index (χ1v) is 8.50. The van der Waals surface area contributed by atoms with Crippen LogP contribution in [0.25, 0.3) is 0 Å². The first-order valence-electron chi connectivity index (χ1n) is 8.50. The molecule has 0 radical (unpaired) electrons. The molecule has 4 unspecified atom stereocenters. The van der Waals surface area contributed by atoms with E-state index in [0.717, 1.165) is 49.4 Å². The molecule has 1 aliphatic carbocycles. The summed E-state index contributed by atoms with van der Waals surface area (Å²) in [6.07, 6.45) is 3.00. The molecule has 132 valence electrons. The maximum absolute atomic E-state index is 12.9. The molecule has 3 aliphatic rings. The number of fused-ring (bicyclic) bond motifs is 2. The van der Waals surface area contributed by atoms with E-state index in [0.29, 0.717) is 18.4 Å². The molecule has 1 aromatic carbocycles. The Kier molecular flexibility index (Phi) is 4.92. The van der Waals surface area contributed by atoms with Crippen LogP contribution < -0.4 is 15.2 Å². The van der Waals surface area contributed by atoms with Gasteiger partial charge in [-0.05, 0) is 54.9 Å². The standard InChI is InChI=1S/C18H24N2O3.ClH/c1-22-14-3-5-17-12(7-14)6-13(10-23-17)18(21)20-8-11-2-4-16(19)15(11)9-20;/h3,5,7,11,13,15-16H,2,4,6,8-10,19H2,1H3;1H. The van der Waals surface area contributed by atoms with Crippen LogP contribution in [0.15, 0.2) is 18.2 Å². The number of benzene rings is 1. The van der Waals surface area contributed by atoms with E-state index in [1.807, 2.05) is 23.1 Å². The van der Waals surface area contributed by atoms with Gasteiger partial charge in [0.15, 0.2) is 0 Å². The topological polar surface area (TPSA) is 64.8 Å². The number of hydrogen-bond donors (Lipinski definition) is 1. The lowest BCUT2D eigenvalue weighted by Gasteiger charge is -2.29. The summed E-state index contributed by atoms with van der Waals surface area (Å²) in [6, 6.07) is 6.06. The average Bonchev–Trinajstić information content (AvgIpc) is 3.15. The van der Waals surface area contributed by atoms with E-state index in [1.54, 1.807) is 7.11 Å². The molecule has 1 aromatic rings. The third-order valence-electron chi connectivity index (χ3n) is 5.75. The lowest BCUT2D eigenvalue weighted by Crippen LogP contribution is -2.41. The quantitative estimate of drug-likeness (QED) is 0.882. The number of amides is 1. The van der Waals surface area contributed by atoms with Crippen molar-refractivity contribution in [3.8, 4) is 11.5 Å². The Labute approximate surface area is 148 Å². The molecule has 1 saturated heterocycles. The Balaban J connectivity index is 0.00000169. The van der Waals surface area contributed by atoms with Gasteiger partial charge in [-0.15, -0.1) is 12.4 Å².